The fourth-order valence-corrected chi connectivity index (χ4v) is 2.27. The molecule has 0 atom stereocenters. The van der Waals surface area contributed by atoms with Crippen molar-refractivity contribution in [2.24, 2.45) is 0 Å². The third kappa shape index (κ3) is 3.99. The van der Waals surface area contributed by atoms with Crippen LogP contribution >= 0.6 is 11.6 Å². The van der Waals surface area contributed by atoms with Crippen molar-refractivity contribution in [3.63, 3.8) is 0 Å². The Bertz CT molecular complexity index is 817. The highest BCUT2D eigenvalue weighted by molar-refractivity contribution is 6.29. The maximum atomic E-state index is 5.84. The molecule has 0 bridgehead atoms. The number of unbranched alkanes of at least 4 members (excludes halogenated alkanes) is 1. The minimum atomic E-state index is 0.0485. The molecule has 0 unspecified atom stereocenters. The molecule has 0 spiro atoms. The predicted octanol–water partition coefficient (Wildman–Crippen LogP) is 3.90. The second-order valence-electron chi connectivity index (χ2n) is 5.13. The summed E-state index contributed by atoms with van der Waals surface area (Å²) in [5, 5.41) is 4.22. The molecule has 3 aromatic rings. The lowest BCUT2D eigenvalue weighted by atomic mass is 10.2. The van der Waals surface area contributed by atoms with Crippen molar-refractivity contribution in [1.82, 2.24) is 20.1 Å². The van der Waals surface area contributed by atoms with E-state index >= 15 is 0 Å². The molecular weight excluding hydrogens is 330 g/mol. The van der Waals surface area contributed by atoms with Gasteiger partial charge in [0.05, 0.1) is 0 Å². The molecule has 3 rings (SSSR count). The third-order valence-electron chi connectivity index (χ3n) is 3.22. The van der Waals surface area contributed by atoms with E-state index in [2.05, 4.69) is 27.0 Å². The molecule has 1 aromatic carbocycles. The van der Waals surface area contributed by atoms with Gasteiger partial charge in [-0.05, 0) is 18.6 Å². The fourth-order valence-electron chi connectivity index (χ4n) is 2.09. The van der Waals surface area contributed by atoms with Gasteiger partial charge in [-0.3, -0.25) is 0 Å². The van der Waals surface area contributed by atoms with Crippen LogP contribution in [0.15, 0.2) is 34.9 Å². The third-order valence-corrected chi connectivity index (χ3v) is 3.41. The van der Waals surface area contributed by atoms with Crippen molar-refractivity contribution in [2.75, 3.05) is 5.73 Å². The minimum absolute atomic E-state index is 0.0485. The van der Waals surface area contributed by atoms with Crippen molar-refractivity contribution in [3.8, 4) is 23.0 Å². The number of aryl methyl sites for hydroxylation is 1. The number of nitrogens with two attached hydrogens (primary N) is 1. The molecule has 24 heavy (non-hydrogen) atoms. The van der Waals surface area contributed by atoms with Gasteiger partial charge in [-0.25, -0.2) is 4.98 Å². The van der Waals surface area contributed by atoms with Crippen LogP contribution in [0.4, 0.5) is 5.95 Å². The average molecular weight is 346 g/mol. The number of ether oxygens (including phenoxy) is 1. The van der Waals surface area contributed by atoms with Gasteiger partial charge in [0.15, 0.2) is 0 Å². The number of benzene rings is 1. The maximum absolute atomic E-state index is 5.84. The summed E-state index contributed by atoms with van der Waals surface area (Å²) >= 11 is 5.84. The first-order valence-corrected chi connectivity index (χ1v) is 7.93. The second kappa shape index (κ2) is 7.27. The van der Waals surface area contributed by atoms with E-state index in [0.29, 0.717) is 17.5 Å². The Kier molecular flexibility index (Phi) is 4.90. The van der Waals surface area contributed by atoms with Crippen LogP contribution in [0.3, 0.4) is 0 Å². The van der Waals surface area contributed by atoms with Gasteiger partial charge in [-0.1, -0.05) is 42.2 Å². The summed E-state index contributed by atoms with van der Waals surface area (Å²) < 4.78 is 10.9. The summed E-state index contributed by atoms with van der Waals surface area (Å²) in [6.07, 6.45) is 2.87. The van der Waals surface area contributed by atoms with Gasteiger partial charge < -0.3 is 15.0 Å². The molecule has 124 valence electrons. The van der Waals surface area contributed by atoms with Crippen molar-refractivity contribution < 1.29 is 9.26 Å². The maximum Gasteiger partial charge on any atom is 0.226 e. The number of anilines is 1. The predicted molar refractivity (Wildman–Crippen MR) is 89.9 cm³/mol. The Balaban J connectivity index is 1.80. The van der Waals surface area contributed by atoms with Crippen molar-refractivity contribution in [2.45, 2.75) is 26.2 Å². The van der Waals surface area contributed by atoms with Crippen LogP contribution < -0.4 is 10.5 Å². The van der Waals surface area contributed by atoms with Gasteiger partial charge >= 0.3 is 0 Å². The molecule has 8 heteroatoms. The van der Waals surface area contributed by atoms with Crippen molar-refractivity contribution >= 4 is 17.5 Å². The van der Waals surface area contributed by atoms with Gasteiger partial charge in [-0.2, -0.15) is 9.97 Å². The summed E-state index contributed by atoms with van der Waals surface area (Å²) in [4.78, 5) is 12.2. The Morgan fingerprint density at radius 1 is 1.21 bits per heavy atom. The van der Waals surface area contributed by atoms with E-state index < -0.39 is 0 Å². The number of nitrogen functional groups attached to an aromatic ring is 1. The van der Waals surface area contributed by atoms with Gasteiger partial charge in [0.25, 0.3) is 0 Å². The zero-order valence-corrected chi connectivity index (χ0v) is 13.8. The normalized spacial score (nSPS) is 10.8. The molecule has 0 aliphatic rings. The zero-order chi connectivity index (χ0) is 16.9. The van der Waals surface area contributed by atoms with Crippen molar-refractivity contribution in [3.05, 3.63) is 41.4 Å². The first kappa shape index (κ1) is 16.2. The lowest BCUT2D eigenvalue weighted by molar-refractivity contribution is 0.375. The van der Waals surface area contributed by atoms with E-state index in [9.17, 15) is 0 Å². The molecule has 7 nitrogen and oxygen atoms in total. The first-order valence-electron chi connectivity index (χ1n) is 7.55. The monoisotopic (exact) mass is 345 g/mol. The van der Waals surface area contributed by atoms with Crippen molar-refractivity contribution in [1.29, 1.82) is 0 Å². The molecule has 0 aliphatic carbocycles. The SMILES string of the molecule is CCCCc1nc(-c2cccc(Oc3cc(Cl)nc(N)n3)c2)no1. The molecule has 0 saturated heterocycles. The zero-order valence-electron chi connectivity index (χ0n) is 13.1. The molecule has 0 amide bonds. The Hall–Kier alpha value is -2.67. The average Bonchev–Trinajstić information content (AvgIpc) is 3.01. The van der Waals surface area contributed by atoms with Crippen LogP contribution in [-0.2, 0) is 6.42 Å². The number of aromatic nitrogens is 4. The molecule has 2 N–H and O–H groups in total. The summed E-state index contributed by atoms with van der Waals surface area (Å²) in [7, 11) is 0. The molecule has 0 fully saturated rings. The van der Waals surface area contributed by atoms with Crippen LogP contribution in [-0.4, -0.2) is 20.1 Å². The van der Waals surface area contributed by atoms with Crippen LogP contribution in [0, 0.1) is 0 Å². The highest BCUT2D eigenvalue weighted by Gasteiger charge is 2.10. The molecule has 2 heterocycles. The summed E-state index contributed by atoms with van der Waals surface area (Å²) in [6, 6.07) is 8.78. The van der Waals surface area contributed by atoms with Gasteiger partial charge in [-0.15, -0.1) is 0 Å². The van der Waals surface area contributed by atoms with E-state index in [1.807, 2.05) is 12.1 Å². The minimum Gasteiger partial charge on any atom is -0.439 e. The van der Waals surface area contributed by atoms with E-state index in [1.165, 1.54) is 6.07 Å². The highest BCUT2D eigenvalue weighted by Crippen LogP contribution is 2.26. The summed E-state index contributed by atoms with van der Waals surface area (Å²) in [5.41, 5.74) is 6.34. The van der Waals surface area contributed by atoms with Gasteiger partial charge in [0, 0.05) is 18.1 Å². The quantitative estimate of drug-likeness (QED) is 0.676. The van der Waals surface area contributed by atoms with Crippen LogP contribution in [0.2, 0.25) is 5.15 Å². The molecule has 0 radical (unpaired) electrons. The second-order valence-corrected chi connectivity index (χ2v) is 5.52. The number of hydrogen-bond donors (Lipinski definition) is 1. The number of nitrogens with zero attached hydrogens (tertiary/aromatic N) is 4. The number of rotatable bonds is 6. The largest absolute Gasteiger partial charge is 0.439 e. The van der Waals surface area contributed by atoms with Gasteiger partial charge in [0.2, 0.25) is 23.5 Å². The molecular formula is C16H16ClN5O2. The lowest BCUT2D eigenvalue weighted by Crippen LogP contribution is -1.97. The summed E-state index contributed by atoms with van der Waals surface area (Å²) in [5.74, 6) is 2.02. The lowest BCUT2D eigenvalue weighted by Gasteiger charge is -2.06. The molecule has 0 aliphatic heterocycles. The van der Waals surface area contributed by atoms with E-state index in [1.54, 1.807) is 12.1 Å². The number of halogens is 1. The van der Waals surface area contributed by atoms with Crippen LogP contribution in [0.5, 0.6) is 11.6 Å². The van der Waals surface area contributed by atoms with Crippen LogP contribution in [0.1, 0.15) is 25.7 Å². The standard InChI is InChI=1S/C16H16ClN5O2/c1-2-3-7-13-20-15(22-24-13)10-5-4-6-11(8-10)23-14-9-12(17)19-16(18)21-14/h4-6,8-9H,2-3,7H2,1H3,(H2,18,19,21). The van der Waals surface area contributed by atoms with Crippen LogP contribution in [0.25, 0.3) is 11.4 Å². The molecule has 0 saturated carbocycles. The van der Waals surface area contributed by atoms with E-state index in [4.69, 9.17) is 26.6 Å². The number of hydrogen-bond acceptors (Lipinski definition) is 7. The Morgan fingerprint density at radius 2 is 2.08 bits per heavy atom. The topological polar surface area (TPSA) is 100.0 Å². The first-order chi connectivity index (χ1) is 11.6. The molecule has 2 aromatic heterocycles. The Morgan fingerprint density at radius 3 is 2.88 bits per heavy atom. The van der Waals surface area contributed by atoms with Gasteiger partial charge in [0.1, 0.15) is 10.9 Å². The highest BCUT2D eigenvalue weighted by atomic mass is 35.5. The summed E-state index contributed by atoms with van der Waals surface area (Å²) in [6.45, 7) is 2.12. The van der Waals surface area contributed by atoms with E-state index in [-0.39, 0.29) is 17.0 Å². The van der Waals surface area contributed by atoms with E-state index in [0.717, 1.165) is 24.8 Å². The Labute approximate surface area is 143 Å². The fraction of sp³-hybridized carbons (Fsp3) is 0.250. The smallest absolute Gasteiger partial charge is 0.226 e.